The molecule has 1 aliphatic carbocycles. The molecule has 2 unspecified atom stereocenters. The molecule has 1 N–H and O–H groups in total. The average molecular weight is 265 g/mol. The largest absolute Gasteiger partial charge is 0.339 e. The summed E-state index contributed by atoms with van der Waals surface area (Å²) in [5.74, 6) is 2.55. The Labute approximate surface area is 116 Å². The van der Waals surface area contributed by atoms with Crippen LogP contribution in [0.4, 0.5) is 0 Å². The second kappa shape index (κ2) is 7.04. The van der Waals surface area contributed by atoms with Gasteiger partial charge in [-0.15, -0.1) is 0 Å². The normalized spacial score (nSPS) is 20.4. The van der Waals surface area contributed by atoms with E-state index in [0.717, 1.165) is 24.7 Å². The van der Waals surface area contributed by atoms with Crippen molar-refractivity contribution < 1.29 is 4.52 Å². The molecule has 0 amide bonds. The minimum absolute atomic E-state index is 0.287. The highest BCUT2D eigenvalue weighted by atomic mass is 16.5. The van der Waals surface area contributed by atoms with Crippen LogP contribution in [0.5, 0.6) is 0 Å². The lowest BCUT2D eigenvalue weighted by Crippen LogP contribution is -2.33. The van der Waals surface area contributed by atoms with E-state index in [0.29, 0.717) is 12.0 Å². The molecule has 2 atom stereocenters. The fourth-order valence-electron chi connectivity index (χ4n) is 3.07. The molecule has 1 heterocycles. The quantitative estimate of drug-likeness (QED) is 0.853. The van der Waals surface area contributed by atoms with Gasteiger partial charge in [-0.05, 0) is 25.8 Å². The van der Waals surface area contributed by atoms with Gasteiger partial charge in [0.05, 0.1) is 5.92 Å². The molecule has 108 valence electrons. The maximum Gasteiger partial charge on any atom is 0.231 e. The molecule has 2 rings (SSSR count). The summed E-state index contributed by atoms with van der Waals surface area (Å²) in [5, 5.41) is 7.72. The van der Waals surface area contributed by atoms with Crippen molar-refractivity contribution >= 4 is 0 Å². The van der Waals surface area contributed by atoms with Crippen molar-refractivity contribution in [3.05, 3.63) is 11.7 Å². The lowest BCUT2D eigenvalue weighted by molar-refractivity contribution is 0.315. The third-order valence-electron chi connectivity index (χ3n) is 4.33. The Kier molecular flexibility index (Phi) is 5.37. The summed E-state index contributed by atoms with van der Waals surface area (Å²) in [5.41, 5.74) is 0. The van der Waals surface area contributed by atoms with Crippen LogP contribution >= 0.6 is 0 Å². The minimum Gasteiger partial charge on any atom is -0.339 e. The van der Waals surface area contributed by atoms with E-state index in [-0.39, 0.29) is 5.92 Å². The topological polar surface area (TPSA) is 51.0 Å². The van der Waals surface area contributed by atoms with Gasteiger partial charge >= 0.3 is 0 Å². The molecule has 0 radical (unpaired) electrons. The van der Waals surface area contributed by atoms with Crippen molar-refractivity contribution in [2.75, 3.05) is 6.54 Å². The summed E-state index contributed by atoms with van der Waals surface area (Å²) in [6, 6.07) is 0.421. The number of nitrogens with one attached hydrogen (secondary N) is 1. The van der Waals surface area contributed by atoms with Crippen LogP contribution in [0.25, 0.3) is 0 Å². The summed E-state index contributed by atoms with van der Waals surface area (Å²) in [6.07, 6.45) is 7.49. The first-order valence-electron chi connectivity index (χ1n) is 7.83. The fourth-order valence-corrected chi connectivity index (χ4v) is 3.07. The molecule has 0 aliphatic heterocycles. The van der Waals surface area contributed by atoms with Crippen LogP contribution in [-0.2, 0) is 0 Å². The van der Waals surface area contributed by atoms with Crippen LogP contribution in [-0.4, -0.2) is 22.7 Å². The smallest absolute Gasteiger partial charge is 0.231 e. The second-order valence-corrected chi connectivity index (χ2v) is 5.69. The third-order valence-corrected chi connectivity index (χ3v) is 4.33. The Morgan fingerprint density at radius 1 is 1.26 bits per heavy atom. The van der Waals surface area contributed by atoms with E-state index in [4.69, 9.17) is 4.52 Å². The van der Waals surface area contributed by atoms with Gasteiger partial charge < -0.3 is 9.84 Å². The maximum atomic E-state index is 5.51. The Balaban J connectivity index is 2.02. The first kappa shape index (κ1) is 14.5. The molecule has 1 aliphatic rings. The molecule has 0 bridgehead atoms. The van der Waals surface area contributed by atoms with Gasteiger partial charge in [-0.2, -0.15) is 4.98 Å². The summed E-state index contributed by atoms with van der Waals surface area (Å²) < 4.78 is 5.51. The van der Waals surface area contributed by atoms with Crippen LogP contribution in [0, 0.1) is 0 Å². The van der Waals surface area contributed by atoms with E-state index in [1.54, 1.807) is 0 Å². The van der Waals surface area contributed by atoms with Gasteiger partial charge in [0.2, 0.25) is 5.89 Å². The van der Waals surface area contributed by atoms with E-state index in [9.17, 15) is 0 Å². The van der Waals surface area contributed by atoms with E-state index in [1.165, 1.54) is 32.1 Å². The SMILES string of the molecule is CCNC(CC)C(C)c1nc(C2CCCCC2)no1. The van der Waals surface area contributed by atoms with E-state index < -0.39 is 0 Å². The first-order chi connectivity index (χ1) is 9.26. The van der Waals surface area contributed by atoms with Crippen molar-refractivity contribution in [3.8, 4) is 0 Å². The predicted octanol–water partition coefficient (Wildman–Crippen LogP) is 3.61. The zero-order valence-corrected chi connectivity index (χ0v) is 12.5. The van der Waals surface area contributed by atoms with Gasteiger partial charge in [0, 0.05) is 12.0 Å². The number of nitrogens with zero attached hydrogens (tertiary/aromatic N) is 2. The number of hydrogen-bond donors (Lipinski definition) is 1. The Bertz CT molecular complexity index is 371. The summed E-state index contributed by atoms with van der Waals surface area (Å²) in [6.45, 7) is 7.49. The van der Waals surface area contributed by atoms with Gasteiger partial charge in [-0.1, -0.05) is 45.2 Å². The number of hydrogen-bond acceptors (Lipinski definition) is 4. The van der Waals surface area contributed by atoms with Crippen molar-refractivity contribution in [1.29, 1.82) is 0 Å². The molecule has 0 aromatic carbocycles. The summed E-state index contributed by atoms with van der Waals surface area (Å²) in [7, 11) is 0. The van der Waals surface area contributed by atoms with Crippen molar-refractivity contribution in [2.24, 2.45) is 0 Å². The van der Waals surface area contributed by atoms with Gasteiger partial charge in [-0.3, -0.25) is 0 Å². The van der Waals surface area contributed by atoms with Crippen molar-refractivity contribution in [2.45, 2.75) is 77.2 Å². The van der Waals surface area contributed by atoms with Gasteiger partial charge in [0.25, 0.3) is 0 Å². The lowest BCUT2D eigenvalue weighted by atomic mass is 9.89. The molecule has 0 spiro atoms. The average Bonchev–Trinajstić information content (AvgIpc) is 2.95. The molecule has 4 nitrogen and oxygen atoms in total. The molecule has 4 heteroatoms. The highest BCUT2D eigenvalue weighted by Gasteiger charge is 2.25. The third kappa shape index (κ3) is 3.56. The fraction of sp³-hybridized carbons (Fsp3) is 0.867. The molecule has 1 aromatic heterocycles. The molecular formula is C15H27N3O. The maximum absolute atomic E-state index is 5.51. The second-order valence-electron chi connectivity index (χ2n) is 5.69. The Morgan fingerprint density at radius 3 is 2.63 bits per heavy atom. The van der Waals surface area contributed by atoms with E-state index >= 15 is 0 Å². The minimum atomic E-state index is 0.287. The zero-order chi connectivity index (χ0) is 13.7. The lowest BCUT2D eigenvalue weighted by Gasteiger charge is -2.20. The van der Waals surface area contributed by atoms with Gasteiger partial charge in [-0.25, -0.2) is 0 Å². The van der Waals surface area contributed by atoms with E-state index in [1.807, 2.05) is 0 Å². The zero-order valence-electron chi connectivity index (χ0n) is 12.5. The number of likely N-dealkylation sites (N-methyl/N-ethyl adjacent to an activating group) is 1. The summed E-state index contributed by atoms with van der Waals surface area (Å²) in [4.78, 5) is 4.67. The molecule has 1 fully saturated rings. The van der Waals surface area contributed by atoms with Crippen LogP contribution in [0.3, 0.4) is 0 Å². The van der Waals surface area contributed by atoms with Crippen LogP contribution in [0.15, 0.2) is 4.52 Å². The Morgan fingerprint density at radius 2 is 2.00 bits per heavy atom. The van der Waals surface area contributed by atoms with E-state index in [2.05, 4.69) is 36.2 Å². The molecule has 0 saturated heterocycles. The molecular weight excluding hydrogens is 238 g/mol. The molecule has 1 saturated carbocycles. The standard InChI is InChI=1S/C15H27N3O/c1-4-13(16-5-2)11(3)15-17-14(18-19-15)12-9-7-6-8-10-12/h11-13,16H,4-10H2,1-3H3. The van der Waals surface area contributed by atoms with Crippen molar-refractivity contribution in [1.82, 2.24) is 15.5 Å². The monoisotopic (exact) mass is 265 g/mol. The number of rotatable bonds is 6. The first-order valence-corrected chi connectivity index (χ1v) is 7.83. The van der Waals surface area contributed by atoms with Crippen LogP contribution < -0.4 is 5.32 Å². The predicted molar refractivity (Wildman–Crippen MR) is 76.3 cm³/mol. The van der Waals surface area contributed by atoms with Gasteiger partial charge in [0.1, 0.15) is 0 Å². The van der Waals surface area contributed by atoms with Crippen LogP contribution in [0.1, 0.15) is 82.8 Å². The van der Waals surface area contributed by atoms with Crippen molar-refractivity contribution in [3.63, 3.8) is 0 Å². The number of aromatic nitrogens is 2. The highest BCUT2D eigenvalue weighted by molar-refractivity contribution is 5.01. The highest BCUT2D eigenvalue weighted by Crippen LogP contribution is 2.31. The van der Waals surface area contributed by atoms with Gasteiger partial charge in [0.15, 0.2) is 5.82 Å². The summed E-state index contributed by atoms with van der Waals surface area (Å²) >= 11 is 0. The van der Waals surface area contributed by atoms with Crippen LogP contribution in [0.2, 0.25) is 0 Å². The molecule has 19 heavy (non-hydrogen) atoms. The molecule has 1 aromatic rings. The Hall–Kier alpha value is -0.900.